The van der Waals surface area contributed by atoms with Gasteiger partial charge in [-0.15, -0.1) is 12.4 Å². The van der Waals surface area contributed by atoms with Crippen molar-refractivity contribution in [3.63, 3.8) is 0 Å². The Bertz CT molecular complexity index is 440. The predicted octanol–water partition coefficient (Wildman–Crippen LogP) is 4.72. The van der Waals surface area contributed by atoms with Gasteiger partial charge < -0.3 is 0 Å². The number of aromatic nitrogens is 1. The number of rotatable bonds is 5. The molecular formula is C15H17Cl2N. The molecule has 0 unspecified atom stereocenters. The second kappa shape index (κ2) is 8.12. The van der Waals surface area contributed by atoms with Crippen molar-refractivity contribution in [1.82, 2.24) is 4.98 Å². The van der Waals surface area contributed by atoms with Gasteiger partial charge in [-0.25, -0.2) is 0 Å². The van der Waals surface area contributed by atoms with Crippen LogP contribution in [0.5, 0.6) is 0 Å². The Kier molecular flexibility index (Phi) is 6.77. The molecule has 0 aliphatic carbocycles. The molecule has 0 bridgehead atoms. The van der Waals surface area contributed by atoms with Gasteiger partial charge in [-0.3, -0.25) is 4.98 Å². The number of pyridine rings is 1. The van der Waals surface area contributed by atoms with Crippen LogP contribution < -0.4 is 0 Å². The normalized spacial score (nSPS) is 9.83. The van der Waals surface area contributed by atoms with E-state index in [1.54, 1.807) is 0 Å². The van der Waals surface area contributed by atoms with Gasteiger partial charge in [0.05, 0.1) is 0 Å². The van der Waals surface area contributed by atoms with Gasteiger partial charge in [0.25, 0.3) is 0 Å². The molecule has 1 nitrogen and oxygen atoms in total. The van der Waals surface area contributed by atoms with Gasteiger partial charge in [0.1, 0.15) is 0 Å². The van der Waals surface area contributed by atoms with Gasteiger partial charge in [0, 0.05) is 17.4 Å². The first kappa shape index (κ1) is 15.0. The molecule has 0 spiro atoms. The molecule has 1 aromatic heterocycles. The Hall–Kier alpha value is -1.05. The zero-order chi connectivity index (χ0) is 11.9. The van der Waals surface area contributed by atoms with E-state index in [-0.39, 0.29) is 12.4 Å². The Labute approximate surface area is 120 Å². The van der Waals surface area contributed by atoms with Crippen molar-refractivity contribution in [2.45, 2.75) is 25.7 Å². The number of hydrogen-bond acceptors (Lipinski definition) is 1. The summed E-state index contributed by atoms with van der Waals surface area (Å²) >= 11 is 5.85. The number of nitrogens with zero attached hydrogens (tertiary/aromatic N) is 1. The molecule has 0 aliphatic heterocycles. The average molecular weight is 282 g/mol. The Balaban J connectivity index is 0.00000162. The van der Waals surface area contributed by atoms with E-state index in [9.17, 15) is 0 Å². The maximum atomic E-state index is 5.85. The van der Waals surface area contributed by atoms with Crippen LogP contribution >= 0.6 is 24.0 Å². The highest BCUT2D eigenvalue weighted by Crippen LogP contribution is 2.12. The molecule has 2 rings (SSSR count). The van der Waals surface area contributed by atoms with Crippen molar-refractivity contribution in [2.24, 2.45) is 0 Å². The smallest absolute Gasteiger partial charge is 0.0406 e. The van der Waals surface area contributed by atoms with Gasteiger partial charge in [0.2, 0.25) is 0 Å². The first-order chi connectivity index (χ1) is 8.34. The highest BCUT2D eigenvalue weighted by atomic mass is 35.5. The van der Waals surface area contributed by atoms with Crippen LogP contribution in [0.4, 0.5) is 0 Å². The molecule has 2 aromatic rings. The van der Waals surface area contributed by atoms with Crippen molar-refractivity contribution in [2.75, 3.05) is 0 Å². The van der Waals surface area contributed by atoms with Crippen molar-refractivity contribution in [3.8, 4) is 0 Å². The lowest BCUT2D eigenvalue weighted by atomic mass is 10.0. The Morgan fingerprint density at radius 3 is 1.83 bits per heavy atom. The molecule has 0 saturated heterocycles. The molecule has 0 atom stereocenters. The maximum absolute atomic E-state index is 5.85. The molecule has 18 heavy (non-hydrogen) atoms. The summed E-state index contributed by atoms with van der Waals surface area (Å²) in [5, 5.41) is 0.811. The lowest BCUT2D eigenvalue weighted by molar-refractivity contribution is 0.734. The molecule has 0 aliphatic rings. The second-order valence-corrected chi connectivity index (χ2v) is 4.63. The summed E-state index contributed by atoms with van der Waals surface area (Å²) in [4.78, 5) is 4.02. The average Bonchev–Trinajstić information content (AvgIpc) is 2.38. The Morgan fingerprint density at radius 2 is 1.28 bits per heavy atom. The lowest BCUT2D eigenvalue weighted by Crippen LogP contribution is -1.89. The van der Waals surface area contributed by atoms with Gasteiger partial charge >= 0.3 is 0 Å². The molecule has 3 heteroatoms. The minimum absolute atomic E-state index is 0. The quantitative estimate of drug-likeness (QED) is 0.723. The van der Waals surface area contributed by atoms with E-state index < -0.39 is 0 Å². The summed E-state index contributed by atoms with van der Waals surface area (Å²) in [5.41, 5.74) is 2.74. The molecule has 0 amide bonds. The SMILES string of the molecule is Cl.Clc1ccc(CCCCc2ccncc2)cc1. The van der Waals surface area contributed by atoms with E-state index in [0.29, 0.717) is 0 Å². The third-order valence-corrected chi connectivity index (χ3v) is 3.10. The zero-order valence-corrected chi connectivity index (χ0v) is 11.8. The fourth-order valence-corrected chi connectivity index (χ4v) is 1.98. The van der Waals surface area contributed by atoms with Crippen LogP contribution in [0.1, 0.15) is 24.0 Å². The van der Waals surface area contributed by atoms with Crippen molar-refractivity contribution < 1.29 is 0 Å². The molecule has 0 N–H and O–H groups in total. The van der Waals surface area contributed by atoms with E-state index in [2.05, 4.69) is 29.2 Å². The Morgan fingerprint density at radius 1 is 0.778 bits per heavy atom. The highest BCUT2D eigenvalue weighted by Gasteiger charge is 1.95. The van der Waals surface area contributed by atoms with Gasteiger partial charge in [-0.2, -0.15) is 0 Å². The summed E-state index contributed by atoms with van der Waals surface area (Å²) in [6, 6.07) is 12.3. The predicted molar refractivity (Wildman–Crippen MR) is 79.6 cm³/mol. The molecule has 96 valence electrons. The third kappa shape index (κ3) is 5.07. The summed E-state index contributed by atoms with van der Waals surface area (Å²) in [7, 11) is 0. The van der Waals surface area contributed by atoms with Gasteiger partial charge in [-0.05, 0) is 61.1 Å². The summed E-state index contributed by atoms with van der Waals surface area (Å²) in [6.45, 7) is 0. The van der Waals surface area contributed by atoms with Crippen LogP contribution in [0.3, 0.4) is 0 Å². The van der Waals surface area contributed by atoms with Crippen molar-refractivity contribution in [1.29, 1.82) is 0 Å². The number of aryl methyl sites for hydroxylation is 2. The first-order valence-corrected chi connectivity index (χ1v) is 6.36. The number of halogens is 2. The standard InChI is InChI=1S/C15H16ClN.ClH/c16-15-7-5-13(6-8-15)3-1-2-4-14-9-11-17-12-10-14;/h5-12H,1-4H2;1H. The van der Waals surface area contributed by atoms with Crippen molar-refractivity contribution in [3.05, 3.63) is 64.9 Å². The van der Waals surface area contributed by atoms with E-state index >= 15 is 0 Å². The largest absolute Gasteiger partial charge is 0.265 e. The first-order valence-electron chi connectivity index (χ1n) is 5.98. The van der Waals surface area contributed by atoms with E-state index in [0.717, 1.165) is 17.9 Å². The van der Waals surface area contributed by atoms with Crippen LogP contribution in [0.15, 0.2) is 48.8 Å². The van der Waals surface area contributed by atoms with E-state index in [1.165, 1.54) is 24.0 Å². The summed E-state index contributed by atoms with van der Waals surface area (Å²) in [6.07, 6.45) is 8.40. The van der Waals surface area contributed by atoms with Crippen LogP contribution in [0.2, 0.25) is 5.02 Å². The number of hydrogen-bond donors (Lipinski definition) is 0. The zero-order valence-electron chi connectivity index (χ0n) is 10.2. The molecule has 0 saturated carbocycles. The highest BCUT2D eigenvalue weighted by molar-refractivity contribution is 6.30. The molecule has 0 fully saturated rings. The second-order valence-electron chi connectivity index (χ2n) is 4.19. The minimum atomic E-state index is 0. The summed E-state index contributed by atoms with van der Waals surface area (Å²) in [5.74, 6) is 0. The summed E-state index contributed by atoms with van der Waals surface area (Å²) < 4.78 is 0. The number of unbranched alkanes of at least 4 members (excludes halogenated alkanes) is 1. The molecule has 1 heterocycles. The fraction of sp³-hybridized carbons (Fsp3) is 0.267. The maximum Gasteiger partial charge on any atom is 0.0406 e. The lowest BCUT2D eigenvalue weighted by Gasteiger charge is -2.02. The van der Waals surface area contributed by atoms with E-state index in [4.69, 9.17) is 11.6 Å². The fourth-order valence-electron chi connectivity index (χ4n) is 1.86. The van der Waals surface area contributed by atoms with Gasteiger partial charge in [-0.1, -0.05) is 23.7 Å². The minimum Gasteiger partial charge on any atom is -0.265 e. The van der Waals surface area contributed by atoms with Crippen LogP contribution in [-0.4, -0.2) is 4.98 Å². The van der Waals surface area contributed by atoms with Crippen LogP contribution in [0, 0.1) is 0 Å². The van der Waals surface area contributed by atoms with Crippen LogP contribution in [0.25, 0.3) is 0 Å². The number of benzene rings is 1. The third-order valence-electron chi connectivity index (χ3n) is 2.84. The van der Waals surface area contributed by atoms with E-state index in [1.807, 2.05) is 24.5 Å². The van der Waals surface area contributed by atoms with Crippen LogP contribution in [-0.2, 0) is 12.8 Å². The topological polar surface area (TPSA) is 12.9 Å². The van der Waals surface area contributed by atoms with Crippen molar-refractivity contribution >= 4 is 24.0 Å². The molecular weight excluding hydrogens is 265 g/mol. The monoisotopic (exact) mass is 281 g/mol. The molecule has 0 radical (unpaired) electrons. The van der Waals surface area contributed by atoms with Gasteiger partial charge in [0.15, 0.2) is 0 Å². The molecule has 1 aromatic carbocycles.